The number of aliphatic hydroxyl groups excluding tert-OH is 1. The van der Waals surface area contributed by atoms with E-state index in [-0.39, 0.29) is 12.1 Å². The average Bonchev–Trinajstić information content (AvgIpc) is 3.24. The lowest BCUT2D eigenvalue weighted by Gasteiger charge is -2.18. The molecule has 1 aliphatic carbocycles. The Morgan fingerprint density at radius 1 is 1.11 bits per heavy atom. The molecule has 1 saturated carbocycles. The molecular weight excluding hydrogens is 246 g/mol. The molecule has 19 heavy (non-hydrogen) atoms. The van der Waals surface area contributed by atoms with Crippen molar-refractivity contribution in [2.24, 2.45) is 0 Å². The van der Waals surface area contributed by atoms with Gasteiger partial charge in [-0.1, -0.05) is 6.07 Å². The summed E-state index contributed by atoms with van der Waals surface area (Å²) in [7, 11) is 4.80. The highest BCUT2D eigenvalue weighted by Gasteiger charge is 2.41. The van der Waals surface area contributed by atoms with Crippen LogP contribution in [0.4, 0.5) is 0 Å². The second-order valence-electron chi connectivity index (χ2n) is 4.79. The van der Waals surface area contributed by atoms with Crippen LogP contribution >= 0.6 is 0 Å². The van der Waals surface area contributed by atoms with Gasteiger partial charge in [0.05, 0.1) is 27.9 Å². The molecule has 0 aromatic heterocycles. The number of hydrogen-bond donors (Lipinski definition) is 2. The van der Waals surface area contributed by atoms with E-state index in [4.69, 9.17) is 14.2 Å². The summed E-state index contributed by atoms with van der Waals surface area (Å²) in [5, 5.41) is 12.7. The Bertz CT molecular complexity index is 443. The van der Waals surface area contributed by atoms with Crippen LogP contribution in [0.25, 0.3) is 0 Å². The minimum atomic E-state index is -0.0990. The normalized spacial score (nSPS) is 16.0. The van der Waals surface area contributed by atoms with Gasteiger partial charge < -0.3 is 24.6 Å². The topological polar surface area (TPSA) is 60.0 Å². The van der Waals surface area contributed by atoms with Crippen LogP contribution in [-0.4, -0.2) is 38.6 Å². The molecule has 0 amide bonds. The zero-order valence-electron chi connectivity index (χ0n) is 11.7. The number of benzene rings is 1. The Morgan fingerprint density at radius 3 is 2.26 bits per heavy atom. The van der Waals surface area contributed by atoms with Crippen molar-refractivity contribution < 1.29 is 19.3 Å². The predicted molar refractivity (Wildman–Crippen MR) is 72.0 cm³/mol. The fourth-order valence-corrected chi connectivity index (χ4v) is 2.13. The zero-order chi connectivity index (χ0) is 13.9. The predicted octanol–water partition coefficient (Wildman–Crippen LogP) is 1.33. The van der Waals surface area contributed by atoms with E-state index in [0.29, 0.717) is 23.8 Å². The molecule has 0 saturated heterocycles. The molecule has 1 aliphatic rings. The van der Waals surface area contributed by atoms with Gasteiger partial charge in [-0.05, 0) is 18.9 Å². The molecular formula is C14H21NO4. The van der Waals surface area contributed by atoms with E-state index >= 15 is 0 Å². The zero-order valence-corrected chi connectivity index (χ0v) is 11.7. The smallest absolute Gasteiger partial charge is 0.203 e. The SMILES string of the molecule is COc1ccc(CNC2(CO)CC2)c(OC)c1OC. The highest BCUT2D eigenvalue weighted by atomic mass is 16.5. The summed E-state index contributed by atoms with van der Waals surface area (Å²) in [6.07, 6.45) is 2.03. The van der Waals surface area contributed by atoms with Crippen LogP contribution in [0.15, 0.2) is 12.1 Å². The Morgan fingerprint density at radius 2 is 1.79 bits per heavy atom. The number of ether oxygens (including phenoxy) is 3. The molecule has 0 atom stereocenters. The summed E-state index contributed by atoms with van der Waals surface area (Å²) in [5.74, 6) is 1.91. The Balaban J connectivity index is 2.20. The number of methoxy groups -OCH3 is 3. The molecule has 5 nitrogen and oxygen atoms in total. The monoisotopic (exact) mass is 267 g/mol. The van der Waals surface area contributed by atoms with Gasteiger partial charge in [0.15, 0.2) is 11.5 Å². The van der Waals surface area contributed by atoms with Crippen LogP contribution in [0.3, 0.4) is 0 Å². The number of nitrogens with one attached hydrogen (secondary N) is 1. The second kappa shape index (κ2) is 5.67. The van der Waals surface area contributed by atoms with Crippen molar-refractivity contribution in [2.75, 3.05) is 27.9 Å². The van der Waals surface area contributed by atoms with Crippen LogP contribution in [0.1, 0.15) is 18.4 Å². The van der Waals surface area contributed by atoms with Gasteiger partial charge in [0.1, 0.15) is 0 Å². The van der Waals surface area contributed by atoms with Crippen molar-refractivity contribution >= 4 is 0 Å². The highest BCUT2D eigenvalue weighted by Crippen LogP contribution is 2.41. The molecule has 0 heterocycles. The van der Waals surface area contributed by atoms with E-state index in [1.807, 2.05) is 12.1 Å². The molecule has 1 aromatic rings. The third-order valence-corrected chi connectivity index (χ3v) is 3.60. The maximum absolute atomic E-state index is 9.31. The largest absolute Gasteiger partial charge is 0.493 e. The van der Waals surface area contributed by atoms with E-state index in [1.165, 1.54) is 0 Å². The van der Waals surface area contributed by atoms with Crippen LogP contribution in [0, 0.1) is 0 Å². The van der Waals surface area contributed by atoms with Crippen LogP contribution in [0.2, 0.25) is 0 Å². The molecule has 1 aromatic carbocycles. The van der Waals surface area contributed by atoms with Gasteiger partial charge in [-0.15, -0.1) is 0 Å². The van der Waals surface area contributed by atoms with Gasteiger partial charge >= 0.3 is 0 Å². The van der Waals surface area contributed by atoms with Gasteiger partial charge in [0.25, 0.3) is 0 Å². The van der Waals surface area contributed by atoms with Gasteiger partial charge in [0, 0.05) is 17.6 Å². The Labute approximate surface area is 113 Å². The van der Waals surface area contributed by atoms with E-state index in [1.54, 1.807) is 21.3 Å². The maximum atomic E-state index is 9.31. The van der Waals surface area contributed by atoms with Crippen molar-refractivity contribution in [1.82, 2.24) is 5.32 Å². The van der Waals surface area contributed by atoms with Gasteiger partial charge in [0.2, 0.25) is 5.75 Å². The lowest BCUT2D eigenvalue weighted by Crippen LogP contribution is -2.34. The quantitative estimate of drug-likeness (QED) is 0.780. The molecule has 0 bridgehead atoms. The van der Waals surface area contributed by atoms with Crippen molar-refractivity contribution in [3.05, 3.63) is 17.7 Å². The minimum absolute atomic E-state index is 0.0990. The molecule has 0 radical (unpaired) electrons. The fourth-order valence-electron chi connectivity index (χ4n) is 2.13. The lowest BCUT2D eigenvalue weighted by molar-refractivity contribution is 0.229. The molecule has 2 rings (SSSR count). The van der Waals surface area contributed by atoms with Gasteiger partial charge in [-0.25, -0.2) is 0 Å². The molecule has 5 heteroatoms. The highest BCUT2D eigenvalue weighted by molar-refractivity contribution is 5.55. The molecule has 106 valence electrons. The number of hydrogen-bond acceptors (Lipinski definition) is 5. The van der Waals surface area contributed by atoms with Gasteiger partial charge in [-0.3, -0.25) is 0 Å². The minimum Gasteiger partial charge on any atom is -0.493 e. The summed E-state index contributed by atoms with van der Waals surface area (Å²) >= 11 is 0. The summed E-state index contributed by atoms with van der Waals surface area (Å²) in [4.78, 5) is 0. The summed E-state index contributed by atoms with van der Waals surface area (Å²) in [6, 6.07) is 3.80. The third-order valence-electron chi connectivity index (χ3n) is 3.60. The van der Waals surface area contributed by atoms with E-state index in [2.05, 4.69) is 5.32 Å². The van der Waals surface area contributed by atoms with Crippen molar-refractivity contribution in [2.45, 2.75) is 24.9 Å². The molecule has 0 unspecified atom stereocenters. The van der Waals surface area contributed by atoms with Crippen LogP contribution in [0.5, 0.6) is 17.2 Å². The van der Waals surface area contributed by atoms with Crippen LogP contribution in [-0.2, 0) is 6.54 Å². The fraction of sp³-hybridized carbons (Fsp3) is 0.571. The summed E-state index contributed by atoms with van der Waals surface area (Å²) in [5.41, 5.74) is 0.887. The number of aliphatic hydroxyl groups is 1. The first kappa shape index (κ1) is 14.0. The van der Waals surface area contributed by atoms with E-state index < -0.39 is 0 Å². The standard InChI is InChI=1S/C14H21NO4/c1-17-11-5-4-10(12(18-2)13(11)19-3)8-15-14(9-16)6-7-14/h4-5,15-16H,6-9H2,1-3H3. The van der Waals surface area contributed by atoms with Crippen molar-refractivity contribution in [3.63, 3.8) is 0 Å². The molecule has 2 N–H and O–H groups in total. The first-order valence-electron chi connectivity index (χ1n) is 6.33. The van der Waals surface area contributed by atoms with Crippen molar-refractivity contribution in [1.29, 1.82) is 0 Å². The molecule has 1 fully saturated rings. The summed E-state index contributed by atoms with van der Waals surface area (Å²) in [6.45, 7) is 0.798. The lowest BCUT2D eigenvalue weighted by atomic mass is 10.1. The summed E-state index contributed by atoms with van der Waals surface area (Å²) < 4.78 is 16.0. The third kappa shape index (κ3) is 2.77. The average molecular weight is 267 g/mol. The molecule has 0 spiro atoms. The number of rotatable bonds is 7. The van der Waals surface area contributed by atoms with Crippen molar-refractivity contribution in [3.8, 4) is 17.2 Å². The first-order valence-corrected chi connectivity index (χ1v) is 6.33. The first-order chi connectivity index (χ1) is 9.19. The van der Waals surface area contributed by atoms with E-state index in [0.717, 1.165) is 18.4 Å². The maximum Gasteiger partial charge on any atom is 0.203 e. The second-order valence-corrected chi connectivity index (χ2v) is 4.79. The molecule has 0 aliphatic heterocycles. The van der Waals surface area contributed by atoms with E-state index in [9.17, 15) is 5.11 Å². The van der Waals surface area contributed by atoms with Crippen LogP contribution < -0.4 is 19.5 Å². The van der Waals surface area contributed by atoms with Gasteiger partial charge in [-0.2, -0.15) is 0 Å². The Kier molecular flexibility index (Phi) is 4.17. The Hall–Kier alpha value is -1.46.